The predicted molar refractivity (Wildman–Crippen MR) is 76.9 cm³/mol. The quantitative estimate of drug-likeness (QED) is 0.857. The molecule has 2 aromatic rings. The summed E-state index contributed by atoms with van der Waals surface area (Å²) in [6, 6.07) is 11.0. The van der Waals surface area contributed by atoms with Crippen LogP contribution in [-0.4, -0.2) is 17.6 Å². The molecule has 0 aromatic heterocycles. The van der Waals surface area contributed by atoms with Gasteiger partial charge in [-0.05, 0) is 48.4 Å². The minimum atomic E-state index is -0.982. The van der Waals surface area contributed by atoms with Gasteiger partial charge in [-0.3, -0.25) is 0 Å². The predicted octanol–water partition coefficient (Wildman–Crippen LogP) is 2.60. The van der Waals surface area contributed by atoms with E-state index in [1.54, 1.807) is 24.3 Å². The van der Waals surface area contributed by atoms with E-state index in [-0.39, 0.29) is 17.9 Å². The van der Waals surface area contributed by atoms with Crippen LogP contribution in [0.2, 0.25) is 0 Å². The van der Waals surface area contributed by atoms with Crippen molar-refractivity contribution in [3.63, 3.8) is 0 Å². The fourth-order valence-electron chi connectivity index (χ4n) is 1.89. The number of aromatic carboxylic acids is 1. The molecule has 21 heavy (non-hydrogen) atoms. The molecular formula is C16H16FNO3. The average molecular weight is 289 g/mol. The third-order valence-electron chi connectivity index (χ3n) is 3.02. The van der Waals surface area contributed by atoms with Gasteiger partial charge >= 0.3 is 5.97 Å². The number of benzene rings is 2. The molecule has 0 aliphatic rings. The Bertz CT molecular complexity index is 626. The van der Waals surface area contributed by atoms with Crippen LogP contribution in [0.4, 0.5) is 4.39 Å². The van der Waals surface area contributed by atoms with Gasteiger partial charge in [0.2, 0.25) is 0 Å². The number of ether oxygens (including phenoxy) is 1. The summed E-state index contributed by atoms with van der Waals surface area (Å²) in [7, 11) is 0. The Morgan fingerprint density at radius 3 is 2.38 bits per heavy atom. The smallest absolute Gasteiger partial charge is 0.335 e. The number of carbonyl (C=O) groups is 1. The lowest BCUT2D eigenvalue weighted by atomic mass is 10.1. The van der Waals surface area contributed by atoms with Crippen LogP contribution in [0.15, 0.2) is 42.5 Å². The van der Waals surface area contributed by atoms with Gasteiger partial charge in [-0.2, -0.15) is 0 Å². The van der Waals surface area contributed by atoms with Crippen molar-refractivity contribution in [2.75, 3.05) is 6.54 Å². The number of nitrogens with two attached hydrogens (primary N) is 1. The van der Waals surface area contributed by atoms with Crippen LogP contribution in [0, 0.1) is 5.82 Å². The molecule has 110 valence electrons. The van der Waals surface area contributed by atoms with Gasteiger partial charge in [0.25, 0.3) is 0 Å². The minimum Gasteiger partial charge on any atom is -0.486 e. The summed E-state index contributed by atoms with van der Waals surface area (Å²) in [5, 5.41) is 8.80. The van der Waals surface area contributed by atoms with Crippen LogP contribution in [0.5, 0.6) is 5.75 Å². The largest absolute Gasteiger partial charge is 0.486 e. The normalized spacial score (nSPS) is 10.4. The van der Waals surface area contributed by atoms with Crippen molar-refractivity contribution in [1.82, 2.24) is 0 Å². The van der Waals surface area contributed by atoms with E-state index < -0.39 is 11.8 Å². The van der Waals surface area contributed by atoms with E-state index in [4.69, 9.17) is 15.6 Å². The summed E-state index contributed by atoms with van der Waals surface area (Å²) in [4.78, 5) is 10.7. The number of rotatable bonds is 6. The lowest BCUT2D eigenvalue weighted by Gasteiger charge is -2.09. The standard InChI is InChI=1S/C16H16FNO3/c17-14-9-11(7-8-18)3-6-15(14)21-10-12-1-4-13(5-2-12)16(19)20/h1-6,9H,7-8,10,18H2,(H,19,20). The van der Waals surface area contributed by atoms with Crippen molar-refractivity contribution in [3.8, 4) is 5.75 Å². The second kappa shape index (κ2) is 6.85. The minimum absolute atomic E-state index is 0.165. The molecule has 0 unspecified atom stereocenters. The average Bonchev–Trinajstić information content (AvgIpc) is 2.47. The van der Waals surface area contributed by atoms with Crippen molar-refractivity contribution >= 4 is 5.97 Å². The molecule has 2 rings (SSSR count). The van der Waals surface area contributed by atoms with Gasteiger partial charge in [-0.25, -0.2) is 9.18 Å². The van der Waals surface area contributed by atoms with Crippen molar-refractivity contribution < 1.29 is 19.0 Å². The van der Waals surface area contributed by atoms with E-state index in [0.717, 1.165) is 11.1 Å². The zero-order valence-electron chi connectivity index (χ0n) is 11.4. The lowest BCUT2D eigenvalue weighted by molar-refractivity contribution is 0.0697. The number of hydrogen-bond acceptors (Lipinski definition) is 3. The summed E-state index contributed by atoms with van der Waals surface area (Å²) in [6.45, 7) is 0.641. The van der Waals surface area contributed by atoms with Crippen LogP contribution in [0.25, 0.3) is 0 Å². The highest BCUT2D eigenvalue weighted by Crippen LogP contribution is 2.20. The molecule has 0 aliphatic heterocycles. The molecule has 2 aromatic carbocycles. The van der Waals surface area contributed by atoms with Crippen molar-refractivity contribution in [1.29, 1.82) is 0 Å². The first-order valence-corrected chi connectivity index (χ1v) is 6.53. The fraction of sp³-hybridized carbons (Fsp3) is 0.188. The van der Waals surface area contributed by atoms with E-state index in [1.807, 2.05) is 0 Å². The molecule has 5 heteroatoms. The highest BCUT2D eigenvalue weighted by Gasteiger charge is 2.06. The number of carboxylic acids is 1. The number of hydrogen-bond donors (Lipinski definition) is 2. The Hall–Kier alpha value is -2.40. The second-order valence-corrected chi connectivity index (χ2v) is 4.59. The molecule has 0 radical (unpaired) electrons. The molecule has 0 saturated heterocycles. The molecule has 0 atom stereocenters. The lowest BCUT2D eigenvalue weighted by Crippen LogP contribution is -2.04. The van der Waals surface area contributed by atoms with Crippen LogP contribution in [0.3, 0.4) is 0 Å². The molecule has 0 spiro atoms. The molecular weight excluding hydrogens is 273 g/mol. The maximum atomic E-state index is 13.8. The summed E-state index contributed by atoms with van der Waals surface area (Å²) in [6.07, 6.45) is 0.619. The van der Waals surface area contributed by atoms with Gasteiger partial charge in [-0.15, -0.1) is 0 Å². The van der Waals surface area contributed by atoms with Crippen molar-refractivity contribution in [3.05, 3.63) is 65.0 Å². The Kier molecular flexibility index (Phi) is 4.90. The Morgan fingerprint density at radius 2 is 1.81 bits per heavy atom. The van der Waals surface area contributed by atoms with Crippen molar-refractivity contribution in [2.45, 2.75) is 13.0 Å². The van der Waals surface area contributed by atoms with Gasteiger partial charge in [-0.1, -0.05) is 18.2 Å². The molecule has 0 aliphatic carbocycles. The first kappa shape index (κ1) is 15.0. The van der Waals surface area contributed by atoms with Crippen LogP contribution < -0.4 is 10.5 Å². The molecule has 0 amide bonds. The molecule has 0 bridgehead atoms. The van der Waals surface area contributed by atoms with E-state index in [1.165, 1.54) is 18.2 Å². The van der Waals surface area contributed by atoms with E-state index in [2.05, 4.69) is 0 Å². The van der Waals surface area contributed by atoms with Gasteiger partial charge in [0.15, 0.2) is 11.6 Å². The second-order valence-electron chi connectivity index (χ2n) is 4.59. The number of carboxylic acid groups (broad SMARTS) is 1. The first-order valence-electron chi connectivity index (χ1n) is 6.53. The SMILES string of the molecule is NCCc1ccc(OCc2ccc(C(=O)O)cc2)c(F)c1. The first-order chi connectivity index (χ1) is 10.1. The fourth-order valence-corrected chi connectivity index (χ4v) is 1.89. The van der Waals surface area contributed by atoms with E-state index >= 15 is 0 Å². The monoisotopic (exact) mass is 289 g/mol. The highest BCUT2D eigenvalue weighted by molar-refractivity contribution is 5.87. The highest BCUT2D eigenvalue weighted by atomic mass is 19.1. The zero-order valence-corrected chi connectivity index (χ0v) is 11.4. The van der Waals surface area contributed by atoms with E-state index in [0.29, 0.717) is 13.0 Å². The van der Waals surface area contributed by atoms with Gasteiger partial charge in [0.1, 0.15) is 6.61 Å². The number of halogens is 1. The maximum absolute atomic E-state index is 13.8. The zero-order chi connectivity index (χ0) is 15.2. The van der Waals surface area contributed by atoms with Crippen LogP contribution >= 0.6 is 0 Å². The summed E-state index contributed by atoms with van der Waals surface area (Å²) >= 11 is 0. The maximum Gasteiger partial charge on any atom is 0.335 e. The molecule has 3 N–H and O–H groups in total. The third-order valence-corrected chi connectivity index (χ3v) is 3.02. The third kappa shape index (κ3) is 4.03. The molecule has 0 heterocycles. The molecule has 4 nitrogen and oxygen atoms in total. The topological polar surface area (TPSA) is 72.5 Å². The Labute approximate surface area is 122 Å². The summed E-state index contributed by atoms with van der Waals surface area (Å²) in [5.41, 5.74) is 7.22. The summed E-state index contributed by atoms with van der Waals surface area (Å²) in [5.74, 6) is -1.25. The Morgan fingerprint density at radius 1 is 1.14 bits per heavy atom. The molecule has 0 fully saturated rings. The summed E-state index contributed by atoms with van der Waals surface area (Å²) < 4.78 is 19.2. The van der Waals surface area contributed by atoms with Crippen LogP contribution in [0.1, 0.15) is 21.5 Å². The van der Waals surface area contributed by atoms with Gasteiger partial charge in [0, 0.05) is 0 Å². The van der Waals surface area contributed by atoms with Gasteiger partial charge in [0.05, 0.1) is 5.56 Å². The van der Waals surface area contributed by atoms with E-state index in [9.17, 15) is 9.18 Å². The van der Waals surface area contributed by atoms with Gasteiger partial charge < -0.3 is 15.6 Å². The van der Waals surface area contributed by atoms with Crippen LogP contribution in [-0.2, 0) is 13.0 Å². The van der Waals surface area contributed by atoms with Crippen molar-refractivity contribution in [2.24, 2.45) is 5.73 Å². The molecule has 0 saturated carbocycles. The Balaban J connectivity index is 2.00.